The quantitative estimate of drug-likeness (QED) is 0.322. The maximum atomic E-state index is 15.5. The normalized spacial score (nSPS) is 14.2. The second-order valence-corrected chi connectivity index (χ2v) is 10.7. The number of nitrogens with zero attached hydrogens (tertiary/aromatic N) is 3. The van der Waals surface area contributed by atoms with Gasteiger partial charge < -0.3 is 20.4 Å². The van der Waals surface area contributed by atoms with Crippen LogP contribution in [-0.4, -0.2) is 60.4 Å². The van der Waals surface area contributed by atoms with Crippen LogP contribution in [0.25, 0.3) is 22.6 Å². The van der Waals surface area contributed by atoms with Gasteiger partial charge >= 0.3 is 6.09 Å². The lowest BCUT2D eigenvalue weighted by molar-refractivity contribution is 0.168. The van der Waals surface area contributed by atoms with Crippen molar-refractivity contribution in [2.75, 3.05) is 29.9 Å². The standard InChI is InChI=1S/C22H25ClFN7O4S/c1-11(27-22(32)35-2)10-26-21-25-7-6-15(28-21)19-18(29-20(30-19)12-4-5-12)14-8-13(23)9-16(17(14)24)31-36(3,33)34/h6-9,11-12,31H,4-5,10H2,1-3H3,(H,27,32)(H,29,30)(H,25,26,28). The first-order valence-corrected chi connectivity index (χ1v) is 13.3. The monoisotopic (exact) mass is 537 g/mol. The van der Waals surface area contributed by atoms with Crippen LogP contribution in [-0.2, 0) is 14.8 Å². The highest BCUT2D eigenvalue weighted by Gasteiger charge is 2.30. The predicted octanol–water partition coefficient (Wildman–Crippen LogP) is 3.73. The molecule has 0 bridgehead atoms. The van der Waals surface area contributed by atoms with Crippen molar-refractivity contribution in [3.63, 3.8) is 0 Å². The SMILES string of the molecule is COC(=O)NC(C)CNc1nccc(-c2[nH]c(C3CC3)nc2-c2cc(Cl)cc(NS(C)(=O)=O)c2F)n1. The summed E-state index contributed by atoms with van der Waals surface area (Å²) in [7, 11) is -2.46. The fourth-order valence-electron chi connectivity index (χ4n) is 3.50. The molecule has 1 fully saturated rings. The number of hydrogen-bond donors (Lipinski definition) is 4. The molecule has 2 aromatic heterocycles. The van der Waals surface area contributed by atoms with Gasteiger partial charge in [0.2, 0.25) is 16.0 Å². The molecule has 2 heterocycles. The van der Waals surface area contributed by atoms with Gasteiger partial charge in [-0.1, -0.05) is 11.6 Å². The zero-order valence-electron chi connectivity index (χ0n) is 19.7. The van der Waals surface area contributed by atoms with Crippen molar-refractivity contribution in [1.29, 1.82) is 0 Å². The molecular formula is C22H25ClFN7O4S. The van der Waals surface area contributed by atoms with Crippen LogP contribution in [0.4, 0.5) is 20.8 Å². The Hall–Kier alpha value is -3.45. The fourth-order valence-corrected chi connectivity index (χ4v) is 4.26. The number of hydrogen-bond acceptors (Lipinski definition) is 8. The number of ether oxygens (including phenoxy) is 1. The first kappa shape index (κ1) is 25.6. The van der Waals surface area contributed by atoms with Gasteiger partial charge in [0.05, 0.1) is 30.4 Å². The van der Waals surface area contributed by atoms with Gasteiger partial charge in [-0.05, 0) is 38.0 Å². The third-order valence-corrected chi connectivity index (χ3v) is 6.11. The molecule has 36 heavy (non-hydrogen) atoms. The number of halogens is 2. The molecule has 4 N–H and O–H groups in total. The number of carbonyl (C=O) groups excluding carboxylic acids is 1. The summed E-state index contributed by atoms with van der Waals surface area (Å²) in [5.41, 5.74) is 0.871. The molecule has 1 aromatic carbocycles. The average Bonchev–Trinajstić information content (AvgIpc) is 3.57. The van der Waals surface area contributed by atoms with E-state index in [9.17, 15) is 13.2 Å². The number of carbonyl (C=O) groups is 1. The van der Waals surface area contributed by atoms with Crippen LogP contribution in [0.1, 0.15) is 31.5 Å². The predicted molar refractivity (Wildman–Crippen MR) is 134 cm³/mol. The number of rotatable bonds is 9. The molecule has 0 saturated heterocycles. The summed E-state index contributed by atoms with van der Waals surface area (Å²) in [6, 6.07) is 3.97. The lowest BCUT2D eigenvalue weighted by Crippen LogP contribution is -2.37. The lowest BCUT2D eigenvalue weighted by atomic mass is 10.1. The van der Waals surface area contributed by atoms with E-state index in [0.717, 1.165) is 19.1 Å². The highest BCUT2D eigenvalue weighted by atomic mass is 35.5. The summed E-state index contributed by atoms with van der Waals surface area (Å²) in [5.74, 6) is 0.375. The molecule has 14 heteroatoms. The number of methoxy groups -OCH3 is 1. The number of nitrogens with one attached hydrogen (secondary N) is 4. The number of sulfonamides is 1. The highest BCUT2D eigenvalue weighted by Crippen LogP contribution is 2.43. The number of anilines is 2. The Labute approximate surface area is 212 Å². The van der Waals surface area contributed by atoms with Gasteiger partial charge in [0.25, 0.3) is 0 Å². The van der Waals surface area contributed by atoms with Crippen LogP contribution >= 0.6 is 11.6 Å². The third kappa shape index (κ3) is 6.21. The van der Waals surface area contributed by atoms with Crippen molar-refractivity contribution in [2.24, 2.45) is 0 Å². The van der Waals surface area contributed by atoms with E-state index in [-0.39, 0.29) is 39.9 Å². The zero-order valence-corrected chi connectivity index (χ0v) is 21.3. The van der Waals surface area contributed by atoms with E-state index in [2.05, 4.69) is 40.0 Å². The Balaban J connectivity index is 1.70. The summed E-state index contributed by atoms with van der Waals surface area (Å²) < 4.78 is 45.7. The van der Waals surface area contributed by atoms with Crippen molar-refractivity contribution in [3.05, 3.63) is 41.1 Å². The van der Waals surface area contributed by atoms with Gasteiger partial charge in [0, 0.05) is 35.3 Å². The van der Waals surface area contributed by atoms with Gasteiger partial charge in [-0.25, -0.2) is 32.6 Å². The minimum atomic E-state index is -3.74. The second-order valence-electron chi connectivity index (χ2n) is 8.49. The van der Waals surface area contributed by atoms with Crippen LogP contribution in [0.3, 0.4) is 0 Å². The van der Waals surface area contributed by atoms with Gasteiger partial charge in [-0.2, -0.15) is 0 Å². The molecule has 1 aliphatic carbocycles. The molecule has 1 aliphatic rings. The van der Waals surface area contributed by atoms with E-state index in [0.29, 0.717) is 23.8 Å². The summed E-state index contributed by atoms with van der Waals surface area (Å²) in [4.78, 5) is 28.0. The Morgan fingerprint density at radius 3 is 2.75 bits per heavy atom. The average molecular weight is 538 g/mol. The summed E-state index contributed by atoms with van der Waals surface area (Å²) in [6.45, 7) is 2.11. The highest BCUT2D eigenvalue weighted by molar-refractivity contribution is 7.92. The number of alkyl carbamates (subject to hydrolysis) is 1. The minimum Gasteiger partial charge on any atom is -0.453 e. The molecule has 1 saturated carbocycles. The molecule has 3 aromatic rings. The Kier molecular flexibility index (Phi) is 7.31. The van der Waals surface area contributed by atoms with Gasteiger partial charge in [-0.15, -0.1) is 0 Å². The van der Waals surface area contributed by atoms with Crippen LogP contribution in [0.15, 0.2) is 24.4 Å². The van der Waals surface area contributed by atoms with Gasteiger partial charge in [-0.3, -0.25) is 4.72 Å². The molecular weight excluding hydrogens is 513 g/mol. The third-order valence-electron chi connectivity index (χ3n) is 5.30. The number of H-pyrrole nitrogens is 1. The van der Waals surface area contributed by atoms with E-state index < -0.39 is 21.9 Å². The maximum absolute atomic E-state index is 15.5. The molecule has 1 amide bonds. The number of benzene rings is 1. The van der Waals surface area contributed by atoms with Crippen molar-refractivity contribution in [1.82, 2.24) is 25.3 Å². The first-order valence-electron chi connectivity index (χ1n) is 11.0. The van der Waals surface area contributed by atoms with Crippen molar-refractivity contribution in [3.8, 4) is 22.6 Å². The number of aromatic amines is 1. The van der Waals surface area contributed by atoms with Crippen LogP contribution in [0, 0.1) is 5.82 Å². The maximum Gasteiger partial charge on any atom is 0.407 e. The molecule has 1 unspecified atom stereocenters. The summed E-state index contributed by atoms with van der Waals surface area (Å²) >= 11 is 6.21. The first-order chi connectivity index (χ1) is 17.0. The van der Waals surface area contributed by atoms with E-state index in [1.807, 2.05) is 0 Å². The second kappa shape index (κ2) is 10.3. The van der Waals surface area contributed by atoms with E-state index >= 15 is 4.39 Å². The molecule has 0 spiro atoms. The topological polar surface area (TPSA) is 151 Å². The largest absolute Gasteiger partial charge is 0.453 e. The smallest absolute Gasteiger partial charge is 0.407 e. The molecule has 11 nitrogen and oxygen atoms in total. The Bertz CT molecular complexity index is 1400. The summed E-state index contributed by atoms with van der Waals surface area (Å²) in [5, 5.41) is 5.81. The molecule has 1 atom stereocenters. The van der Waals surface area contributed by atoms with Gasteiger partial charge in [0.1, 0.15) is 11.5 Å². The van der Waals surface area contributed by atoms with E-state index in [4.69, 9.17) is 11.6 Å². The zero-order chi connectivity index (χ0) is 26.0. The number of amides is 1. The molecule has 4 rings (SSSR count). The molecule has 0 radical (unpaired) electrons. The van der Waals surface area contributed by atoms with E-state index in [1.54, 1.807) is 13.0 Å². The van der Waals surface area contributed by atoms with Gasteiger partial charge in [0.15, 0.2) is 5.82 Å². The number of imidazole rings is 1. The van der Waals surface area contributed by atoms with Crippen molar-refractivity contribution >= 4 is 39.4 Å². The Morgan fingerprint density at radius 1 is 1.33 bits per heavy atom. The van der Waals surface area contributed by atoms with Crippen LogP contribution in [0.5, 0.6) is 0 Å². The Morgan fingerprint density at radius 2 is 2.08 bits per heavy atom. The minimum absolute atomic E-state index is 0.0239. The fraction of sp³-hybridized carbons (Fsp3) is 0.364. The molecule has 0 aliphatic heterocycles. The van der Waals surface area contributed by atoms with Crippen molar-refractivity contribution in [2.45, 2.75) is 31.7 Å². The van der Waals surface area contributed by atoms with E-state index in [1.165, 1.54) is 25.4 Å². The van der Waals surface area contributed by atoms with Crippen LogP contribution < -0.4 is 15.4 Å². The van der Waals surface area contributed by atoms with Crippen molar-refractivity contribution < 1.29 is 22.3 Å². The number of aromatic nitrogens is 4. The lowest BCUT2D eigenvalue weighted by Gasteiger charge is -2.14. The van der Waals surface area contributed by atoms with Crippen LogP contribution in [0.2, 0.25) is 5.02 Å². The molecule has 192 valence electrons. The summed E-state index contributed by atoms with van der Waals surface area (Å²) in [6.07, 6.45) is 3.81.